The first-order chi connectivity index (χ1) is 9.35. The molecule has 0 radical (unpaired) electrons. The zero-order valence-corrected chi connectivity index (χ0v) is 11.3. The first kappa shape index (κ1) is 14.5. The van der Waals surface area contributed by atoms with Crippen LogP contribution in [0.4, 0.5) is 14.5 Å². The number of anilines is 1. The number of rotatable bonds is 4. The molecule has 0 aliphatic carbocycles. The molecule has 5 nitrogen and oxygen atoms in total. The predicted molar refractivity (Wildman–Crippen MR) is 68.6 cm³/mol. The fraction of sp³-hybridized carbons (Fsp3) is 0.167. The second-order valence-electron chi connectivity index (χ2n) is 4.18. The Hall–Kier alpha value is -1.93. The minimum atomic E-state index is -4.14. The normalized spacial score (nSPS) is 11.6. The van der Waals surface area contributed by atoms with E-state index in [4.69, 9.17) is 5.11 Å². The van der Waals surface area contributed by atoms with Crippen LogP contribution in [0.1, 0.15) is 11.3 Å². The van der Waals surface area contributed by atoms with Crippen molar-refractivity contribution in [3.8, 4) is 0 Å². The highest BCUT2D eigenvalue weighted by Gasteiger charge is 2.21. The predicted octanol–water partition coefficient (Wildman–Crippen LogP) is 1.89. The summed E-state index contributed by atoms with van der Waals surface area (Å²) in [5, 5.41) is 8.86. The zero-order valence-electron chi connectivity index (χ0n) is 10.4. The highest BCUT2D eigenvalue weighted by atomic mass is 32.2. The highest BCUT2D eigenvalue weighted by molar-refractivity contribution is 7.92. The van der Waals surface area contributed by atoms with Crippen molar-refractivity contribution in [2.24, 2.45) is 0 Å². The molecular formula is C12H12F2N2O3S. The Morgan fingerprint density at radius 3 is 2.65 bits per heavy atom. The number of benzene rings is 1. The van der Waals surface area contributed by atoms with Crippen molar-refractivity contribution in [2.45, 2.75) is 18.4 Å². The van der Waals surface area contributed by atoms with Crippen molar-refractivity contribution in [2.75, 3.05) is 4.72 Å². The van der Waals surface area contributed by atoms with Crippen LogP contribution in [0.2, 0.25) is 0 Å². The SMILES string of the molecule is Cc1ccc(F)c(NS(=O)(=O)c2c[nH]c(CO)c2)c1F. The molecule has 8 heteroatoms. The number of aromatic nitrogens is 1. The Bertz CT molecular complexity index is 741. The monoisotopic (exact) mass is 302 g/mol. The second-order valence-corrected chi connectivity index (χ2v) is 5.86. The first-order valence-electron chi connectivity index (χ1n) is 5.60. The van der Waals surface area contributed by atoms with E-state index in [1.54, 1.807) is 0 Å². The number of aromatic amines is 1. The van der Waals surface area contributed by atoms with Gasteiger partial charge in [0.05, 0.1) is 6.61 Å². The topological polar surface area (TPSA) is 82.2 Å². The van der Waals surface area contributed by atoms with Crippen molar-refractivity contribution in [1.82, 2.24) is 4.98 Å². The average molecular weight is 302 g/mol. The maximum absolute atomic E-state index is 13.8. The minimum absolute atomic E-state index is 0.120. The Labute approximate surface area is 114 Å². The third-order valence-corrected chi connectivity index (χ3v) is 4.05. The quantitative estimate of drug-likeness (QED) is 0.806. The molecule has 20 heavy (non-hydrogen) atoms. The standard InChI is InChI=1S/C12H12F2N2O3S/c1-7-2-3-10(13)12(11(7)14)16-20(18,19)9-4-8(6-17)15-5-9/h2-5,15-17H,6H2,1H3. The van der Waals surface area contributed by atoms with Crippen LogP contribution in [0.15, 0.2) is 29.3 Å². The summed E-state index contributed by atoms with van der Waals surface area (Å²) in [5.74, 6) is -1.97. The number of hydrogen-bond donors (Lipinski definition) is 3. The summed E-state index contributed by atoms with van der Waals surface area (Å²) in [6.07, 6.45) is 1.12. The Balaban J connectivity index is 2.41. The van der Waals surface area contributed by atoms with E-state index in [9.17, 15) is 17.2 Å². The summed E-state index contributed by atoms with van der Waals surface area (Å²) in [4.78, 5) is 2.31. The van der Waals surface area contributed by atoms with Gasteiger partial charge in [0.1, 0.15) is 16.4 Å². The van der Waals surface area contributed by atoms with Crippen molar-refractivity contribution in [1.29, 1.82) is 0 Å². The largest absolute Gasteiger partial charge is 0.390 e. The van der Waals surface area contributed by atoms with Gasteiger partial charge in [0, 0.05) is 11.9 Å². The van der Waals surface area contributed by atoms with E-state index in [1.807, 2.05) is 4.72 Å². The molecule has 108 valence electrons. The van der Waals surface area contributed by atoms with E-state index in [1.165, 1.54) is 19.1 Å². The van der Waals surface area contributed by atoms with Crippen LogP contribution in [0, 0.1) is 18.6 Å². The lowest BCUT2D eigenvalue weighted by molar-refractivity contribution is 0.277. The van der Waals surface area contributed by atoms with E-state index in [0.717, 1.165) is 12.3 Å². The molecule has 2 aromatic rings. The molecule has 0 atom stereocenters. The van der Waals surface area contributed by atoms with Crippen LogP contribution < -0.4 is 4.72 Å². The summed E-state index contributed by atoms with van der Waals surface area (Å²) in [6, 6.07) is 3.36. The molecule has 1 heterocycles. The molecule has 2 rings (SSSR count). The lowest BCUT2D eigenvalue weighted by Crippen LogP contribution is -2.15. The van der Waals surface area contributed by atoms with E-state index in [0.29, 0.717) is 0 Å². The van der Waals surface area contributed by atoms with Crippen LogP contribution in [0.3, 0.4) is 0 Å². The van der Waals surface area contributed by atoms with Crippen molar-refractivity contribution < 1.29 is 22.3 Å². The third-order valence-electron chi connectivity index (χ3n) is 2.72. The molecule has 0 amide bonds. The fourth-order valence-electron chi connectivity index (χ4n) is 1.61. The number of H-pyrrole nitrogens is 1. The maximum Gasteiger partial charge on any atom is 0.263 e. The molecule has 3 N–H and O–H groups in total. The van der Waals surface area contributed by atoms with Gasteiger partial charge in [0.2, 0.25) is 0 Å². The Kier molecular flexibility index (Phi) is 3.78. The van der Waals surface area contributed by atoms with Crippen molar-refractivity contribution >= 4 is 15.7 Å². The van der Waals surface area contributed by atoms with E-state index >= 15 is 0 Å². The number of aryl methyl sites for hydroxylation is 1. The molecule has 1 aromatic heterocycles. The van der Waals surface area contributed by atoms with Gasteiger partial charge in [0.25, 0.3) is 10.0 Å². The van der Waals surface area contributed by atoms with Gasteiger partial charge in [-0.3, -0.25) is 4.72 Å². The first-order valence-corrected chi connectivity index (χ1v) is 7.09. The van der Waals surface area contributed by atoms with Gasteiger partial charge in [-0.2, -0.15) is 0 Å². The van der Waals surface area contributed by atoms with Crippen LogP contribution in [-0.2, 0) is 16.6 Å². The fourth-order valence-corrected chi connectivity index (χ4v) is 2.69. The van der Waals surface area contributed by atoms with Crippen LogP contribution in [0.25, 0.3) is 0 Å². The van der Waals surface area contributed by atoms with Gasteiger partial charge in [-0.05, 0) is 24.6 Å². The lowest BCUT2D eigenvalue weighted by atomic mass is 10.2. The molecule has 0 saturated heterocycles. The van der Waals surface area contributed by atoms with Crippen molar-refractivity contribution in [3.05, 3.63) is 47.3 Å². The van der Waals surface area contributed by atoms with E-state index in [-0.39, 0.29) is 22.8 Å². The zero-order chi connectivity index (χ0) is 14.9. The molecule has 0 fully saturated rings. The van der Waals surface area contributed by atoms with Crippen LogP contribution in [-0.4, -0.2) is 18.5 Å². The molecule has 0 spiro atoms. The number of hydrogen-bond acceptors (Lipinski definition) is 3. The lowest BCUT2D eigenvalue weighted by Gasteiger charge is -2.10. The molecule has 0 unspecified atom stereocenters. The molecule has 0 saturated carbocycles. The number of aliphatic hydroxyl groups is 1. The maximum atomic E-state index is 13.8. The second kappa shape index (κ2) is 5.22. The van der Waals surface area contributed by atoms with Gasteiger partial charge >= 0.3 is 0 Å². The van der Waals surface area contributed by atoms with Gasteiger partial charge in [-0.1, -0.05) is 6.07 Å². The minimum Gasteiger partial charge on any atom is -0.390 e. The van der Waals surface area contributed by atoms with E-state index < -0.39 is 27.3 Å². The van der Waals surface area contributed by atoms with Gasteiger partial charge in [-0.25, -0.2) is 17.2 Å². The third kappa shape index (κ3) is 2.66. The summed E-state index contributed by atoms with van der Waals surface area (Å²) in [7, 11) is -4.14. The molecule has 0 aliphatic heterocycles. The summed E-state index contributed by atoms with van der Waals surface area (Å²) in [6.45, 7) is 1.02. The molecule has 1 aromatic carbocycles. The van der Waals surface area contributed by atoms with Crippen LogP contribution in [0.5, 0.6) is 0 Å². The summed E-state index contributed by atoms with van der Waals surface area (Å²) in [5.41, 5.74) is -0.332. The van der Waals surface area contributed by atoms with Crippen LogP contribution >= 0.6 is 0 Å². The summed E-state index contributed by atoms with van der Waals surface area (Å²) < 4.78 is 53.2. The molecule has 0 bridgehead atoms. The van der Waals surface area contributed by atoms with E-state index in [2.05, 4.69) is 4.98 Å². The van der Waals surface area contributed by atoms with Gasteiger partial charge in [-0.15, -0.1) is 0 Å². The number of halogens is 2. The Morgan fingerprint density at radius 1 is 1.35 bits per heavy atom. The Morgan fingerprint density at radius 2 is 2.05 bits per heavy atom. The number of aliphatic hydroxyl groups excluding tert-OH is 1. The smallest absolute Gasteiger partial charge is 0.263 e. The molecule has 0 aliphatic rings. The average Bonchev–Trinajstić information content (AvgIpc) is 2.89. The van der Waals surface area contributed by atoms with Gasteiger partial charge in [0.15, 0.2) is 5.82 Å². The van der Waals surface area contributed by atoms with Crippen molar-refractivity contribution in [3.63, 3.8) is 0 Å². The van der Waals surface area contributed by atoms with Gasteiger partial charge < -0.3 is 10.1 Å². The summed E-state index contributed by atoms with van der Waals surface area (Å²) >= 11 is 0. The number of nitrogens with one attached hydrogen (secondary N) is 2. The number of sulfonamides is 1. The molecular weight excluding hydrogens is 290 g/mol. The highest BCUT2D eigenvalue weighted by Crippen LogP contribution is 2.25.